The van der Waals surface area contributed by atoms with Crippen molar-refractivity contribution in [2.24, 2.45) is 10.1 Å². The largest absolute Gasteiger partial charge is 0.378 e. The minimum absolute atomic E-state index is 0.285. The fraction of sp³-hybridized carbons (Fsp3) is 0.0909. The van der Waals surface area contributed by atoms with Crippen LogP contribution in [0.5, 0.6) is 0 Å². The number of hydrazone groups is 1. The standard InChI is InChI=1S/C22H18BrFN4/c1-28(2)18-10-5-14(6-11-18)21-19-13-16(23)7-12-20(19)25-22(27-26-21)15-3-8-17(24)9-4-15/h3-13H,1-2H3,(H,25,27). The van der Waals surface area contributed by atoms with Crippen LogP contribution >= 0.6 is 15.9 Å². The van der Waals surface area contributed by atoms with Gasteiger partial charge in [-0.25, -0.2) is 9.38 Å². The van der Waals surface area contributed by atoms with E-state index in [1.54, 1.807) is 12.1 Å². The molecule has 1 heterocycles. The quantitative estimate of drug-likeness (QED) is 0.620. The van der Waals surface area contributed by atoms with Gasteiger partial charge in [0.15, 0.2) is 5.84 Å². The molecule has 140 valence electrons. The normalized spacial score (nSPS) is 13.0. The molecule has 0 atom stereocenters. The third-order valence-corrected chi connectivity index (χ3v) is 4.99. The third kappa shape index (κ3) is 3.68. The van der Waals surface area contributed by atoms with Crippen LogP contribution in [0.1, 0.15) is 16.7 Å². The van der Waals surface area contributed by atoms with Crippen LogP contribution in [0.3, 0.4) is 0 Å². The average Bonchev–Trinajstić information content (AvgIpc) is 2.88. The Morgan fingerprint density at radius 2 is 1.57 bits per heavy atom. The first-order valence-electron chi connectivity index (χ1n) is 8.77. The van der Waals surface area contributed by atoms with Gasteiger partial charge in [0.25, 0.3) is 0 Å². The molecule has 1 aliphatic heterocycles. The number of halogens is 2. The molecule has 0 amide bonds. The van der Waals surface area contributed by atoms with Crippen molar-refractivity contribution in [2.45, 2.75) is 0 Å². The van der Waals surface area contributed by atoms with Gasteiger partial charge >= 0.3 is 0 Å². The van der Waals surface area contributed by atoms with Crippen LogP contribution in [-0.2, 0) is 0 Å². The summed E-state index contributed by atoms with van der Waals surface area (Å²) in [5.74, 6) is 0.288. The number of nitrogens with one attached hydrogen (secondary N) is 1. The maximum Gasteiger partial charge on any atom is 0.154 e. The summed E-state index contributed by atoms with van der Waals surface area (Å²) in [6.45, 7) is 0. The molecule has 4 rings (SSSR count). The summed E-state index contributed by atoms with van der Waals surface area (Å²) < 4.78 is 14.2. The second-order valence-corrected chi connectivity index (χ2v) is 7.56. The first kappa shape index (κ1) is 18.4. The Labute approximate surface area is 171 Å². The summed E-state index contributed by atoms with van der Waals surface area (Å²) in [5.41, 5.74) is 8.42. The van der Waals surface area contributed by atoms with Crippen molar-refractivity contribution in [3.8, 4) is 0 Å². The van der Waals surface area contributed by atoms with Gasteiger partial charge in [0, 0.05) is 40.9 Å². The van der Waals surface area contributed by atoms with Crippen LogP contribution in [0.2, 0.25) is 0 Å². The highest BCUT2D eigenvalue weighted by Gasteiger charge is 2.18. The molecule has 4 nitrogen and oxygen atoms in total. The Balaban J connectivity index is 1.81. The lowest BCUT2D eigenvalue weighted by Crippen LogP contribution is -2.19. The van der Waals surface area contributed by atoms with Crippen molar-refractivity contribution >= 4 is 38.9 Å². The smallest absolute Gasteiger partial charge is 0.154 e. The van der Waals surface area contributed by atoms with E-state index in [2.05, 4.69) is 43.5 Å². The molecule has 6 heteroatoms. The molecule has 0 radical (unpaired) electrons. The predicted octanol–water partition coefficient (Wildman–Crippen LogP) is 5.09. The van der Waals surface area contributed by atoms with Crippen LogP contribution in [0, 0.1) is 5.82 Å². The van der Waals surface area contributed by atoms with E-state index in [0.717, 1.165) is 38.2 Å². The molecular weight excluding hydrogens is 419 g/mol. The monoisotopic (exact) mass is 436 g/mol. The molecule has 0 saturated heterocycles. The van der Waals surface area contributed by atoms with Crippen molar-refractivity contribution in [1.82, 2.24) is 5.43 Å². The van der Waals surface area contributed by atoms with Crippen LogP contribution in [0.4, 0.5) is 15.8 Å². The number of benzene rings is 3. The Morgan fingerprint density at radius 1 is 0.893 bits per heavy atom. The maximum absolute atomic E-state index is 13.3. The Morgan fingerprint density at radius 3 is 2.25 bits per heavy atom. The van der Waals surface area contributed by atoms with Gasteiger partial charge in [-0.05, 0) is 54.6 Å². The SMILES string of the molecule is CN(C)c1ccc(C2=NNC(c3ccc(F)cc3)=Nc3ccc(Br)cc32)cc1. The lowest BCUT2D eigenvalue weighted by molar-refractivity contribution is 0.627. The zero-order valence-corrected chi connectivity index (χ0v) is 17.0. The highest BCUT2D eigenvalue weighted by Crippen LogP contribution is 2.29. The first-order valence-corrected chi connectivity index (χ1v) is 9.56. The van der Waals surface area contributed by atoms with Gasteiger partial charge in [-0.3, -0.25) is 5.43 Å². The summed E-state index contributed by atoms with van der Waals surface area (Å²) in [6, 6.07) is 20.3. The molecular formula is C22H18BrFN4. The summed E-state index contributed by atoms with van der Waals surface area (Å²) >= 11 is 3.54. The van der Waals surface area contributed by atoms with E-state index in [4.69, 9.17) is 4.99 Å². The fourth-order valence-electron chi connectivity index (χ4n) is 2.98. The molecule has 0 saturated carbocycles. The average molecular weight is 437 g/mol. The van der Waals surface area contributed by atoms with E-state index in [-0.39, 0.29) is 5.82 Å². The van der Waals surface area contributed by atoms with Gasteiger partial charge < -0.3 is 4.90 Å². The topological polar surface area (TPSA) is 40.0 Å². The maximum atomic E-state index is 13.3. The minimum atomic E-state index is -0.285. The van der Waals surface area contributed by atoms with Gasteiger partial charge in [-0.1, -0.05) is 28.1 Å². The number of rotatable bonds is 3. The zero-order chi connectivity index (χ0) is 19.7. The van der Waals surface area contributed by atoms with Crippen molar-refractivity contribution < 1.29 is 4.39 Å². The Hall–Kier alpha value is -2.99. The second-order valence-electron chi connectivity index (χ2n) is 6.64. The van der Waals surface area contributed by atoms with E-state index in [1.165, 1.54) is 12.1 Å². The second kappa shape index (κ2) is 7.56. The molecule has 28 heavy (non-hydrogen) atoms. The Kier molecular flexibility index (Phi) is 4.96. The van der Waals surface area contributed by atoms with E-state index >= 15 is 0 Å². The highest BCUT2D eigenvalue weighted by molar-refractivity contribution is 9.10. The van der Waals surface area contributed by atoms with E-state index in [0.29, 0.717) is 5.84 Å². The molecule has 0 unspecified atom stereocenters. The summed E-state index contributed by atoms with van der Waals surface area (Å²) in [6.07, 6.45) is 0. The molecule has 3 aromatic rings. The predicted molar refractivity (Wildman–Crippen MR) is 116 cm³/mol. The Bertz CT molecular complexity index is 1070. The molecule has 1 N–H and O–H groups in total. The number of amidine groups is 1. The molecule has 3 aromatic carbocycles. The van der Waals surface area contributed by atoms with Crippen molar-refractivity contribution in [3.63, 3.8) is 0 Å². The number of nitrogens with zero attached hydrogens (tertiary/aromatic N) is 3. The molecule has 0 bridgehead atoms. The number of anilines is 1. The lowest BCUT2D eigenvalue weighted by Gasteiger charge is -2.14. The van der Waals surface area contributed by atoms with E-state index < -0.39 is 0 Å². The summed E-state index contributed by atoms with van der Waals surface area (Å²) in [7, 11) is 4.02. The number of aliphatic imine (C=N–C) groups is 1. The molecule has 1 aliphatic rings. The van der Waals surface area contributed by atoms with Crippen molar-refractivity contribution in [3.05, 3.63) is 93.7 Å². The summed E-state index contributed by atoms with van der Waals surface area (Å²) in [5, 5.41) is 4.64. The first-order chi connectivity index (χ1) is 13.5. The number of fused-ring (bicyclic) bond motifs is 1. The molecule has 0 fully saturated rings. The number of hydrogen-bond donors (Lipinski definition) is 1. The minimum Gasteiger partial charge on any atom is -0.378 e. The van der Waals surface area contributed by atoms with Crippen molar-refractivity contribution in [2.75, 3.05) is 19.0 Å². The van der Waals surface area contributed by atoms with Crippen LogP contribution in [0.15, 0.2) is 81.3 Å². The summed E-state index contributed by atoms with van der Waals surface area (Å²) in [4.78, 5) is 6.79. The van der Waals surface area contributed by atoms with Gasteiger partial charge in [-0.2, -0.15) is 5.10 Å². The molecule has 0 spiro atoms. The van der Waals surface area contributed by atoms with E-state index in [1.807, 2.05) is 44.4 Å². The van der Waals surface area contributed by atoms with Gasteiger partial charge in [0.1, 0.15) is 11.5 Å². The van der Waals surface area contributed by atoms with Crippen molar-refractivity contribution in [1.29, 1.82) is 0 Å². The lowest BCUT2D eigenvalue weighted by atomic mass is 10.0. The van der Waals surface area contributed by atoms with Gasteiger partial charge in [0.2, 0.25) is 0 Å². The van der Waals surface area contributed by atoms with E-state index in [9.17, 15) is 4.39 Å². The molecule has 0 aromatic heterocycles. The number of hydrogen-bond acceptors (Lipinski definition) is 4. The fourth-order valence-corrected chi connectivity index (χ4v) is 3.35. The van der Waals surface area contributed by atoms with Gasteiger partial charge in [-0.15, -0.1) is 0 Å². The van der Waals surface area contributed by atoms with Crippen LogP contribution in [0.25, 0.3) is 0 Å². The van der Waals surface area contributed by atoms with Gasteiger partial charge in [0.05, 0.1) is 5.69 Å². The van der Waals surface area contributed by atoms with Crippen LogP contribution < -0.4 is 10.3 Å². The highest BCUT2D eigenvalue weighted by atomic mass is 79.9. The van der Waals surface area contributed by atoms with Crippen LogP contribution in [-0.4, -0.2) is 25.6 Å². The third-order valence-electron chi connectivity index (χ3n) is 4.49. The zero-order valence-electron chi connectivity index (χ0n) is 15.4. The molecule has 0 aliphatic carbocycles.